The average Bonchev–Trinajstić information content (AvgIpc) is 2.76. The van der Waals surface area contributed by atoms with E-state index in [0.29, 0.717) is 0 Å². The van der Waals surface area contributed by atoms with Gasteiger partial charge in [0, 0.05) is 17.3 Å². The van der Waals surface area contributed by atoms with E-state index in [2.05, 4.69) is 10.1 Å². The van der Waals surface area contributed by atoms with Crippen LogP contribution in [0, 0.1) is 0 Å². The maximum absolute atomic E-state index is 12.3. The summed E-state index contributed by atoms with van der Waals surface area (Å²) in [6, 6.07) is 5.05. The van der Waals surface area contributed by atoms with Crippen molar-refractivity contribution < 1.29 is 32.2 Å². The predicted octanol–water partition coefficient (Wildman–Crippen LogP) is 3.47. The van der Waals surface area contributed by atoms with Gasteiger partial charge < -0.3 is 14.8 Å². The fourth-order valence-corrected chi connectivity index (χ4v) is 2.96. The zero-order valence-corrected chi connectivity index (χ0v) is 14.5. The fraction of sp³-hybridized carbons (Fsp3) is 0.467. The normalized spacial score (nSPS) is 18.2. The molecule has 10 heteroatoms. The van der Waals surface area contributed by atoms with Gasteiger partial charge >= 0.3 is 12.5 Å². The first kappa shape index (κ1) is 19.2. The molecule has 1 aliphatic heterocycles. The lowest BCUT2D eigenvalue weighted by Crippen LogP contribution is -2.43. The number of nitrogens with zero attached hydrogens (tertiary/aromatic N) is 1. The van der Waals surface area contributed by atoms with Gasteiger partial charge in [0.15, 0.2) is 0 Å². The summed E-state index contributed by atoms with van der Waals surface area (Å²) in [7, 11) is 0. The summed E-state index contributed by atoms with van der Waals surface area (Å²) in [6.07, 6.45) is -5.56. The quantitative estimate of drug-likeness (QED) is 0.872. The average molecular weight is 378 g/mol. The van der Waals surface area contributed by atoms with Crippen LogP contribution in [0.25, 0.3) is 0 Å². The number of nitrogens with one attached hydrogen (secondary N) is 1. The van der Waals surface area contributed by atoms with E-state index in [1.54, 1.807) is 20.8 Å². The topological polar surface area (TPSA) is 67.9 Å². The van der Waals surface area contributed by atoms with Crippen molar-refractivity contribution in [1.29, 1.82) is 0 Å². The molecule has 1 unspecified atom stereocenters. The van der Waals surface area contributed by atoms with Crippen molar-refractivity contribution >= 4 is 29.4 Å². The number of carbonyl (C=O) groups excluding carboxylic acids is 2. The van der Waals surface area contributed by atoms with Gasteiger partial charge in [0.25, 0.3) is 5.91 Å². The van der Waals surface area contributed by atoms with Gasteiger partial charge in [-0.25, -0.2) is 4.79 Å². The molecular weight excluding hydrogens is 361 g/mol. The van der Waals surface area contributed by atoms with Crippen molar-refractivity contribution in [2.45, 2.75) is 38.1 Å². The molecule has 0 saturated carbocycles. The first-order chi connectivity index (χ1) is 11.4. The molecule has 1 aromatic carbocycles. The summed E-state index contributed by atoms with van der Waals surface area (Å²) in [6.45, 7) is 5.28. The Bertz CT molecular complexity index is 661. The van der Waals surface area contributed by atoms with E-state index in [1.165, 1.54) is 17.0 Å². The lowest BCUT2D eigenvalue weighted by molar-refractivity contribution is -0.274. The van der Waals surface area contributed by atoms with Crippen LogP contribution in [0.2, 0.25) is 0 Å². The number of halogens is 3. The van der Waals surface area contributed by atoms with Crippen LogP contribution in [0.3, 0.4) is 0 Å². The summed E-state index contributed by atoms with van der Waals surface area (Å²) in [4.78, 5) is 25.3. The predicted molar refractivity (Wildman–Crippen MR) is 86.2 cm³/mol. The van der Waals surface area contributed by atoms with Crippen LogP contribution in [0.4, 0.5) is 23.7 Å². The Morgan fingerprint density at radius 1 is 1.32 bits per heavy atom. The molecule has 0 aliphatic carbocycles. The molecule has 1 N–H and O–H groups in total. The molecule has 1 heterocycles. The molecule has 0 spiro atoms. The molecule has 1 atom stereocenters. The highest BCUT2D eigenvalue weighted by Gasteiger charge is 2.37. The molecule has 0 aromatic heterocycles. The smallest absolute Gasteiger partial charge is 0.425 e. The molecule has 1 aliphatic rings. The molecule has 2 amide bonds. The minimum Gasteiger partial charge on any atom is -0.425 e. The van der Waals surface area contributed by atoms with Crippen molar-refractivity contribution in [3.05, 3.63) is 24.3 Å². The number of alkyl halides is 3. The van der Waals surface area contributed by atoms with Crippen molar-refractivity contribution in [3.63, 3.8) is 0 Å². The molecule has 2 rings (SSSR count). The van der Waals surface area contributed by atoms with Crippen molar-refractivity contribution in [2.24, 2.45) is 0 Å². The third-order valence-corrected chi connectivity index (χ3v) is 3.88. The first-order valence-corrected chi connectivity index (χ1v) is 8.27. The number of amides is 2. The second-order valence-electron chi connectivity index (χ2n) is 6.22. The number of alkyl carbamates (subject to hydrolysis) is 1. The van der Waals surface area contributed by atoms with E-state index in [1.807, 2.05) is 0 Å². The molecule has 25 heavy (non-hydrogen) atoms. The van der Waals surface area contributed by atoms with Crippen LogP contribution >= 0.6 is 11.8 Å². The van der Waals surface area contributed by atoms with E-state index in [0.717, 1.165) is 23.9 Å². The lowest BCUT2D eigenvalue weighted by Gasteiger charge is -2.21. The summed E-state index contributed by atoms with van der Waals surface area (Å²) in [5, 5.41) is 2.57. The number of carbonyl (C=O) groups is 2. The van der Waals surface area contributed by atoms with Crippen LogP contribution in [0.15, 0.2) is 24.3 Å². The van der Waals surface area contributed by atoms with Gasteiger partial charge in [-0.3, -0.25) is 9.69 Å². The van der Waals surface area contributed by atoms with Crippen LogP contribution in [-0.2, 0) is 9.53 Å². The highest BCUT2D eigenvalue weighted by Crippen LogP contribution is 2.33. The monoisotopic (exact) mass is 378 g/mol. The molecule has 1 fully saturated rings. The van der Waals surface area contributed by atoms with Gasteiger partial charge in [-0.15, -0.1) is 13.2 Å². The molecule has 1 aromatic rings. The van der Waals surface area contributed by atoms with Crippen LogP contribution in [0.5, 0.6) is 5.75 Å². The second kappa shape index (κ2) is 7.03. The van der Waals surface area contributed by atoms with Gasteiger partial charge in [-0.1, -0.05) is 17.8 Å². The Kier molecular flexibility index (Phi) is 5.40. The van der Waals surface area contributed by atoms with E-state index >= 15 is 0 Å². The van der Waals surface area contributed by atoms with Gasteiger partial charge in [-0.05, 0) is 32.9 Å². The molecular formula is C15H17F3N2O4S. The van der Waals surface area contributed by atoms with E-state index in [9.17, 15) is 22.8 Å². The van der Waals surface area contributed by atoms with Gasteiger partial charge in [-0.2, -0.15) is 0 Å². The molecule has 0 bridgehead atoms. The third-order valence-electron chi connectivity index (χ3n) is 2.88. The number of ether oxygens (including phenoxy) is 2. The number of thioether (sulfide) groups is 1. The minimum absolute atomic E-state index is 0.141. The lowest BCUT2D eigenvalue weighted by atomic mass is 10.1. The second-order valence-corrected chi connectivity index (χ2v) is 7.24. The van der Waals surface area contributed by atoms with Gasteiger partial charge in [0.05, 0.1) is 5.88 Å². The number of anilines is 1. The summed E-state index contributed by atoms with van der Waals surface area (Å²) in [5.41, 5.74) is -1.36. The van der Waals surface area contributed by atoms with E-state index in [4.69, 9.17) is 4.74 Å². The Balaban J connectivity index is 2.04. The molecule has 0 radical (unpaired) electrons. The highest BCUT2D eigenvalue weighted by molar-refractivity contribution is 8.01. The number of rotatable bonds is 3. The fourth-order valence-electron chi connectivity index (χ4n) is 1.97. The van der Waals surface area contributed by atoms with Crippen LogP contribution < -0.4 is 15.0 Å². The Morgan fingerprint density at radius 2 is 2.00 bits per heavy atom. The Labute approximate surface area is 146 Å². The first-order valence-electron chi connectivity index (χ1n) is 7.22. The highest BCUT2D eigenvalue weighted by atomic mass is 32.2. The van der Waals surface area contributed by atoms with Crippen molar-refractivity contribution in [2.75, 3.05) is 10.8 Å². The van der Waals surface area contributed by atoms with Gasteiger partial charge in [0.2, 0.25) is 5.44 Å². The van der Waals surface area contributed by atoms with Crippen LogP contribution in [0.1, 0.15) is 20.8 Å². The number of hydrogen-bond donors (Lipinski definition) is 1. The Hall–Kier alpha value is -2.10. The van der Waals surface area contributed by atoms with E-state index < -0.39 is 35.1 Å². The maximum atomic E-state index is 12.3. The zero-order chi connectivity index (χ0) is 18.8. The van der Waals surface area contributed by atoms with Crippen molar-refractivity contribution in [3.8, 4) is 5.75 Å². The molecule has 1 saturated heterocycles. The number of hydrogen-bond acceptors (Lipinski definition) is 5. The van der Waals surface area contributed by atoms with E-state index in [-0.39, 0.29) is 11.6 Å². The standard InChI is InChI=1S/C15H17F3N2O4S/c1-14(2,3)19-13(22)23-12-11(21)20(8-25-12)9-5-4-6-10(7-9)24-15(16,17)18/h4-7,12H,8H2,1-3H3,(H,19,22). The number of benzene rings is 1. The largest absolute Gasteiger partial charge is 0.573 e. The SMILES string of the molecule is CC(C)(C)NC(=O)OC1SCN(c2cccc(OC(F)(F)F)c2)C1=O. The summed E-state index contributed by atoms with van der Waals surface area (Å²) in [5.74, 6) is -0.822. The summed E-state index contributed by atoms with van der Waals surface area (Å²) >= 11 is 1.06. The molecule has 138 valence electrons. The van der Waals surface area contributed by atoms with Crippen molar-refractivity contribution in [1.82, 2.24) is 5.32 Å². The van der Waals surface area contributed by atoms with Crippen LogP contribution in [-0.4, -0.2) is 35.2 Å². The Morgan fingerprint density at radius 3 is 2.60 bits per heavy atom. The zero-order valence-electron chi connectivity index (χ0n) is 13.7. The van der Waals surface area contributed by atoms with Gasteiger partial charge in [0.1, 0.15) is 5.75 Å². The third kappa shape index (κ3) is 5.73. The minimum atomic E-state index is -4.82. The summed E-state index contributed by atoms with van der Waals surface area (Å²) < 4.78 is 45.8. The maximum Gasteiger partial charge on any atom is 0.573 e. The molecule has 6 nitrogen and oxygen atoms in total.